The van der Waals surface area contributed by atoms with Gasteiger partial charge >= 0.3 is 11.5 Å². The first-order chi connectivity index (χ1) is 13.5. The molecule has 2 aromatic rings. The molecular formula is C21H17BrN2O4. The Morgan fingerprint density at radius 1 is 1.21 bits per heavy atom. The molecule has 1 saturated heterocycles. The molecule has 0 saturated carbocycles. The zero-order valence-electron chi connectivity index (χ0n) is 15.1. The minimum absolute atomic E-state index is 0.0637. The summed E-state index contributed by atoms with van der Waals surface area (Å²) >= 11 is 3.32. The summed E-state index contributed by atoms with van der Waals surface area (Å²) in [5.41, 5.74) is -1.17. The standard InChI is InChI=1S/C21H17BrN2O4/c1-3-28-20(27)21(23-2,14-7-5-4-6-8-14)17-13-18(25)24(19(17)26)16-11-9-15(22)10-12-16/h4-12,17H,3,13H2,1H3/t17-,21-/m1/s1. The quantitative estimate of drug-likeness (QED) is 0.403. The molecule has 28 heavy (non-hydrogen) atoms. The van der Waals surface area contributed by atoms with E-state index in [0.29, 0.717) is 11.3 Å². The van der Waals surface area contributed by atoms with Gasteiger partial charge in [0.05, 0.1) is 12.3 Å². The van der Waals surface area contributed by atoms with Crippen LogP contribution in [-0.4, -0.2) is 24.4 Å². The minimum Gasteiger partial charge on any atom is -0.460 e. The highest BCUT2D eigenvalue weighted by Gasteiger charge is 2.63. The third-order valence-corrected chi connectivity index (χ3v) is 5.24. The highest BCUT2D eigenvalue weighted by molar-refractivity contribution is 9.10. The maximum absolute atomic E-state index is 13.2. The van der Waals surface area contributed by atoms with Crippen LogP contribution in [0.15, 0.2) is 59.1 Å². The Balaban J connectivity index is 2.10. The van der Waals surface area contributed by atoms with Gasteiger partial charge in [0.15, 0.2) is 0 Å². The number of amides is 2. The number of rotatable bonds is 5. The number of anilines is 1. The molecule has 142 valence electrons. The molecule has 0 radical (unpaired) electrons. The summed E-state index contributed by atoms with van der Waals surface area (Å²) < 4.78 is 5.97. The molecule has 2 amide bonds. The number of hydrogen-bond donors (Lipinski definition) is 0. The molecule has 2 aromatic carbocycles. The van der Waals surface area contributed by atoms with Crippen LogP contribution in [-0.2, 0) is 24.7 Å². The van der Waals surface area contributed by atoms with E-state index in [2.05, 4.69) is 20.8 Å². The van der Waals surface area contributed by atoms with Crippen LogP contribution >= 0.6 is 15.9 Å². The Bertz CT molecular complexity index is 953. The molecule has 0 unspecified atom stereocenters. The van der Waals surface area contributed by atoms with Crippen molar-refractivity contribution in [3.8, 4) is 0 Å². The van der Waals surface area contributed by atoms with E-state index >= 15 is 0 Å². The first-order valence-corrected chi connectivity index (χ1v) is 9.48. The van der Waals surface area contributed by atoms with Crippen LogP contribution in [0, 0.1) is 12.5 Å². The van der Waals surface area contributed by atoms with Crippen molar-refractivity contribution in [2.45, 2.75) is 18.9 Å². The summed E-state index contributed by atoms with van der Waals surface area (Å²) in [6, 6.07) is 15.0. The molecule has 1 fully saturated rings. The average Bonchev–Trinajstić information content (AvgIpc) is 2.99. The second-order valence-corrected chi connectivity index (χ2v) is 7.18. The highest BCUT2D eigenvalue weighted by Crippen LogP contribution is 2.43. The van der Waals surface area contributed by atoms with Crippen LogP contribution in [0.5, 0.6) is 0 Å². The third kappa shape index (κ3) is 3.20. The normalized spacial score (nSPS) is 18.5. The Kier molecular flexibility index (Phi) is 5.61. The van der Waals surface area contributed by atoms with Gasteiger partial charge in [-0.3, -0.25) is 19.3 Å². The summed E-state index contributed by atoms with van der Waals surface area (Å²) in [5.74, 6) is -3.02. The van der Waals surface area contributed by atoms with Gasteiger partial charge in [0, 0.05) is 16.5 Å². The predicted octanol–water partition coefficient (Wildman–Crippen LogP) is 3.71. The smallest absolute Gasteiger partial charge is 0.399 e. The molecule has 2 atom stereocenters. The van der Waals surface area contributed by atoms with E-state index in [1.54, 1.807) is 61.5 Å². The lowest BCUT2D eigenvalue weighted by Crippen LogP contribution is -2.45. The Morgan fingerprint density at radius 3 is 2.43 bits per heavy atom. The first-order valence-electron chi connectivity index (χ1n) is 8.69. The fourth-order valence-electron chi connectivity index (χ4n) is 3.40. The fraction of sp³-hybridized carbons (Fsp3) is 0.238. The molecule has 1 aliphatic rings. The van der Waals surface area contributed by atoms with Gasteiger partial charge < -0.3 is 4.74 Å². The maximum atomic E-state index is 13.2. The van der Waals surface area contributed by atoms with Crippen LogP contribution < -0.4 is 4.90 Å². The minimum atomic E-state index is -1.91. The van der Waals surface area contributed by atoms with Crippen LogP contribution in [0.25, 0.3) is 4.85 Å². The molecule has 1 heterocycles. The van der Waals surface area contributed by atoms with Crippen LogP contribution in [0.1, 0.15) is 18.9 Å². The SMILES string of the molecule is [C-]#[N+][C@](C(=O)OCC)(c1ccccc1)[C@@H]1CC(=O)N(c2ccc(Br)cc2)C1=O. The van der Waals surface area contributed by atoms with Crippen molar-refractivity contribution in [1.82, 2.24) is 0 Å². The van der Waals surface area contributed by atoms with E-state index < -0.39 is 29.2 Å². The van der Waals surface area contributed by atoms with E-state index in [9.17, 15) is 14.4 Å². The Morgan fingerprint density at radius 2 is 1.86 bits per heavy atom. The summed E-state index contributed by atoms with van der Waals surface area (Å²) in [4.78, 5) is 43.5. The number of ether oxygens (including phenoxy) is 1. The van der Waals surface area contributed by atoms with Gasteiger partial charge in [-0.2, -0.15) is 0 Å². The lowest BCUT2D eigenvalue weighted by molar-refractivity contribution is -0.152. The van der Waals surface area contributed by atoms with Gasteiger partial charge in [-0.25, -0.2) is 11.4 Å². The summed E-state index contributed by atoms with van der Waals surface area (Å²) in [6.45, 7) is 9.51. The zero-order chi connectivity index (χ0) is 20.3. The topological polar surface area (TPSA) is 68.0 Å². The zero-order valence-corrected chi connectivity index (χ0v) is 16.7. The molecular weight excluding hydrogens is 424 g/mol. The number of carbonyl (C=O) groups excluding carboxylic acids is 3. The highest BCUT2D eigenvalue weighted by atomic mass is 79.9. The van der Waals surface area contributed by atoms with E-state index in [1.165, 1.54) is 0 Å². The molecule has 6 nitrogen and oxygen atoms in total. The van der Waals surface area contributed by atoms with Crippen molar-refractivity contribution in [2.75, 3.05) is 11.5 Å². The third-order valence-electron chi connectivity index (χ3n) is 4.71. The van der Waals surface area contributed by atoms with Gasteiger partial charge in [-0.15, -0.1) is 0 Å². The number of imide groups is 1. The molecule has 0 bridgehead atoms. The number of esters is 1. The second kappa shape index (κ2) is 7.95. The maximum Gasteiger partial charge on any atom is 0.399 e. The number of hydrogen-bond acceptors (Lipinski definition) is 4. The van der Waals surface area contributed by atoms with Crippen molar-refractivity contribution >= 4 is 39.4 Å². The number of halogens is 1. The van der Waals surface area contributed by atoms with Crippen LogP contribution in [0.4, 0.5) is 5.69 Å². The Labute approximate surface area is 171 Å². The lowest BCUT2D eigenvalue weighted by Gasteiger charge is -2.25. The molecule has 0 aromatic heterocycles. The fourth-order valence-corrected chi connectivity index (χ4v) is 3.67. The monoisotopic (exact) mass is 440 g/mol. The lowest BCUT2D eigenvalue weighted by atomic mass is 9.77. The average molecular weight is 441 g/mol. The Hall–Kier alpha value is -2.98. The van der Waals surface area contributed by atoms with E-state index in [4.69, 9.17) is 11.3 Å². The predicted molar refractivity (Wildman–Crippen MR) is 106 cm³/mol. The van der Waals surface area contributed by atoms with Crippen molar-refractivity contribution in [3.05, 3.63) is 76.1 Å². The molecule has 1 aliphatic heterocycles. The number of nitrogens with zero attached hydrogens (tertiary/aromatic N) is 2. The van der Waals surface area contributed by atoms with Crippen molar-refractivity contribution in [3.63, 3.8) is 0 Å². The van der Waals surface area contributed by atoms with Crippen molar-refractivity contribution < 1.29 is 19.1 Å². The molecule has 0 spiro atoms. The van der Waals surface area contributed by atoms with Crippen LogP contribution in [0.2, 0.25) is 0 Å². The number of carbonyl (C=O) groups is 3. The van der Waals surface area contributed by atoms with Gasteiger partial charge in [0.25, 0.3) is 0 Å². The van der Waals surface area contributed by atoms with Crippen LogP contribution in [0.3, 0.4) is 0 Å². The van der Waals surface area contributed by atoms with Gasteiger partial charge in [-0.05, 0) is 31.2 Å². The van der Waals surface area contributed by atoms with Gasteiger partial charge in [-0.1, -0.05) is 46.3 Å². The number of benzene rings is 2. The van der Waals surface area contributed by atoms with Gasteiger partial charge in [0.1, 0.15) is 5.92 Å². The molecule has 7 heteroatoms. The molecule has 3 rings (SSSR count). The van der Waals surface area contributed by atoms with Crippen molar-refractivity contribution in [2.24, 2.45) is 5.92 Å². The second-order valence-electron chi connectivity index (χ2n) is 6.27. The largest absolute Gasteiger partial charge is 0.460 e. The van der Waals surface area contributed by atoms with E-state index in [-0.39, 0.29) is 13.0 Å². The first kappa shape index (κ1) is 19.8. The molecule has 0 N–H and O–H groups in total. The van der Waals surface area contributed by atoms with Crippen molar-refractivity contribution in [1.29, 1.82) is 0 Å². The molecule has 0 aliphatic carbocycles. The van der Waals surface area contributed by atoms with E-state index in [0.717, 1.165) is 9.37 Å². The summed E-state index contributed by atoms with van der Waals surface area (Å²) in [7, 11) is 0. The van der Waals surface area contributed by atoms with E-state index in [1.807, 2.05) is 0 Å². The summed E-state index contributed by atoms with van der Waals surface area (Å²) in [5, 5.41) is 0. The van der Waals surface area contributed by atoms with Gasteiger partial charge in [0.2, 0.25) is 11.8 Å². The summed E-state index contributed by atoms with van der Waals surface area (Å²) in [6.07, 6.45) is -0.245.